The number of fused-ring (bicyclic) bond motifs is 2. The molecule has 2 aromatic carbocycles. The zero-order valence-electron chi connectivity index (χ0n) is 18.6. The maximum atomic E-state index is 13.7. The van der Waals surface area contributed by atoms with Crippen LogP contribution in [-0.4, -0.2) is 46.9 Å². The van der Waals surface area contributed by atoms with Gasteiger partial charge in [0.1, 0.15) is 30.2 Å². The lowest BCUT2D eigenvalue weighted by Gasteiger charge is -2.14. The molecule has 5 rings (SSSR count). The predicted molar refractivity (Wildman–Crippen MR) is 128 cm³/mol. The van der Waals surface area contributed by atoms with Crippen molar-refractivity contribution in [1.29, 1.82) is 0 Å². The third-order valence-electron chi connectivity index (χ3n) is 5.52. The molecule has 9 nitrogen and oxygen atoms in total. The number of aromatic nitrogens is 6. The smallest absolute Gasteiger partial charge is 0.388 e. The first-order chi connectivity index (χ1) is 17.1. The molecule has 3 heterocycles. The van der Waals surface area contributed by atoms with E-state index in [0.717, 1.165) is 0 Å². The summed E-state index contributed by atoms with van der Waals surface area (Å²) in [6.45, 7) is -1.59. The first kappa shape index (κ1) is 23.7. The first-order valence-corrected chi connectivity index (χ1v) is 11.0. The summed E-state index contributed by atoms with van der Waals surface area (Å²) in [4.78, 5) is 30.6. The van der Waals surface area contributed by atoms with Crippen LogP contribution in [0.3, 0.4) is 0 Å². The lowest BCUT2D eigenvalue weighted by molar-refractivity contribution is -0.115. The van der Waals surface area contributed by atoms with E-state index in [1.807, 2.05) is 0 Å². The summed E-state index contributed by atoms with van der Waals surface area (Å²) in [5, 5.41) is 12.1. The van der Waals surface area contributed by atoms with Gasteiger partial charge in [-0.1, -0.05) is 17.7 Å². The van der Waals surface area contributed by atoms with Crippen LogP contribution in [-0.2, 0) is 13.7 Å². The Balaban J connectivity index is 1.73. The zero-order valence-corrected chi connectivity index (χ0v) is 19.3. The van der Waals surface area contributed by atoms with Crippen LogP contribution in [0.25, 0.3) is 39.1 Å². The molecule has 0 aliphatic rings. The number of benzene rings is 2. The molecule has 13 heteroatoms. The van der Waals surface area contributed by atoms with Crippen molar-refractivity contribution in [3.63, 3.8) is 0 Å². The van der Waals surface area contributed by atoms with Gasteiger partial charge in [-0.3, -0.25) is 9.36 Å². The maximum Gasteiger partial charge on any atom is 0.405 e. The van der Waals surface area contributed by atoms with Crippen LogP contribution in [0.5, 0.6) is 0 Å². The van der Waals surface area contributed by atoms with Gasteiger partial charge >= 0.3 is 6.18 Å². The molecule has 0 atom stereocenters. The summed E-state index contributed by atoms with van der Waals surface area (Å²) < 4.78 is 41.0. The number of anilines is 1. The Morgan fingerprint density at radius 1 is 1.06 bits per heavy atom. The van der Waals surface area contributed by atoms with Gasteiger partial charge in [-0.05, 0) is 36.4 Å². The van der Waals surface area contributed by atoms with Crippen LogP contribution in [0, 0.1) is 0 Å². The molecule has 3 aromatic heterocycles. The highest BCUT2D eigenvalue weighted by Crippen LogP contribution is 2.25. The Morgan fingerprint density at radius 3 is 2.50 bits per heavy atom. The van der Waals surface area contributed by atoms with E-state index >= 15 is 0 Å². The minimum absolute atomic E-state index is 0.0231. The Morgan fingerprint density at radius 2 is 1.81 bits per heavy atom. The van der Waals surface area contributed by atoms with Crippen LogP contribution in [0.2, 0.25) is 5.02 Å². The van der Waals surface area contributed by atoms with Gasteiger partial charge in [-0.2, -0.15) is 18.2 Å². The number of nitrogens with one attached hydrogen (secondary N) is 1. The molecule has 0 radical (unpaired) electrons. The number of aliphatic hydroxyl groups is 1. The maximum absolute atomic E-state index is 13.7. The van der Waals surface area contributed by atoms with Gasteiger partial charge < -0.3 is 15.0 Å². The molecule has 0 spiro atoms. The molecule has 5 aromatic rings. The van der Waals surface area contributed by atoms with Crippen molar-refractivity contribution in [2.45, 2.75) is 12.8 Å². The lowest BCUT2D eigenvalue weighted by Crippen LogP contribution is -2.25. The second kappa shape index (κ2) is 8.88. The highest BCUT2D eigenvalue weighted by Gasteiger charge is 2.27. The summed E-state index contributed by atoms with van der Waals surface area (Å²) in [7, 11) is 1.74. The van der Waals surface area contributed by atoms with Crippen LogP contribution in [0.1, 0.15) is 5.82 Å². The standard InChI is InChI=1S/C23H17ClF3N7O2/c1-33-17-8-12(2-7-15(17)30-18(33)10-35)19-21(36)34(14-5-3-13(24)4-6-14)20-16(31-19)9-28-22(32-20)29-11-23(25,26)27/h2-9,35H,10-11H2,1H3,(H,28,29,32). The number of nitrogens with zero attached hydrogens (tertiary/aromatic N) is 6. The first-order valence-electron chi connectivity index (χ1n) is 10.6. The fraction of sp³-hybridized carbons (Fsp3) is 0.174. The molecule has 0 saturated heterocycles. The fourth-order valence-electron chi connectivity index (χ4n) is 3.79. The number of rotatable bonds is 5. The van der Waals surface area contributed by atoms with E-state index in [9.17, 15) is 23.1 Å². The number of aryl methyl sites for hydroxylation is 1. The third-order valence-corrected chi connectivity index (χ3v) is 5.77. The van der Waals surface area contributed by atoms with Crippen LogP contribution in [0.4, 0.5) is 19.1 Å². The number of hydrogen-bond acceptors (Lipinski definition) is 7. The molecule has 0 fully saturated rings. The number of alkyl halides is 3. The second-order valence-corrected chi connectivity index (χ2v) is 8.33. The summed E-state index contributed by atoms with van der Waals surface area (Å²) in [6, 6.07) is 11.5. The number of aliphatic hydroxyl groups excluding tert-OH is 1. The van der Waals surface area contributed by atoms with Crippen LogP contribution < -0.4 is 10.9 Å². The third kappa shape index (κ3) is 4.36. The quantitative estimate of drug-likeness (QED) is 0.366. The molecule has 2 N–H and O–H groups in total. The lowest BCUT2D eigenvalue weighted by atomic mass is 10.1. The average Bonchev–Trinajstić information content (AvgIpc) is 3.17. The largest absolute Gasteiger partial charge is 0.405 e. The zero-order chi connectivity index (χ0) is 25.6. The normalized spacial score (nSPS) is 11.9. The SMILES string of the molecule is Cn1c(CO)nc2ccc(-c3nc4cnc(NCC(F)(F)F)nc4n(-c4ccc(Cl)cc4)c3=O)cc21. The van der Waals surface area contributed by atoms with E-state index < -0.39 is 18.3 Å². The van der Waals surface area contributed by atoms with Crippen molar-refractivity contribution in [3.8, 4) is 16.9 Å². The minimum Gasteiger partial charge on any atom is -0.388 e. The van der Waals surface area contributed by atoms with Crippen molar-refractivity contribution in [2.75, 3.05) is 11.9 Å². The summed E-state index contributed by atoms with van der Waals surface area (Å²) >= 11 is 6.01. The van der Waals surface area contributed by atoms with E-state index in [1.54, 1.807) is 54.1 Å². The van der Waals surface area contributed by atoms with Gasteiger partial charge in [-0.25, -0.2) is 15.0 Å². The Bertz CT molecular complexity index is 1660. The molecule has 0 bridgehead atoms. The number of halogens is 4. The molecule has 0 unspecified atom stereocenters. The van der Waals surface area contributed by atoms with Crippen molar-refractivity contribution < 1.29 is 18.3 Å². The van der Waals surface area contributed by atoms with Gasteiger partial charge in [0.2, 0.25) is 5.95 Å². The number of imidazole rings is 1. The van der Waals surface area contributed by atoms with E-state index in [-0.39, 0.29) is 29.4 Å². The highest BCUT2D eigenvalue weighted by molar-refractivity contribution is 6.30. The van der Waals surface area contributed by atoms with E-state index in [2.05, 4.69) is 25.3 Å². The van der Waals surface area contributed by atoms with Crippen molar-refractivity contribution in [3.05, 3.63) is 69.9 Å². The van der Waals surface area contributed by atoms with Gasteiger partial charge in [-0.15, -0.1) is 0 Å². The molecular weight excluding hydrogens is 499 g/mol. The Labute approximate surface area is 205 Å². The predicted octanol–water partition coefficient (Wildman–Crippen LogP) is 3.85. The summed E-state index contributed by atoms with van der Waals surface area (Å²) in [6.07, 6.45) is -3.22. The van der Waals surface area contributed by atoms with E-state index in [0.29, 0.717) is 33.1 Å². The fourth-order valence-corrected chi connectivity index (χ4v) is 3.92. The van der Waals surface area contributed by atoms with Gasteiger partial charge in [0, 0.05) is 17.6 Å². The molecule has 0 amide bonds. The van der Waals surface area contributed by atoms with Gasteiger partial charge in [0.05, 0.1) is 22.9 Å². The topological polar surface area (TPSA) is 111 Å². The van der Waals surface area contributed by atoms with Crippen molar-refractivity contribution >= 4 is 39.7 Å². The molecule has 0 aliphatic carbocycles. The molecule has 0 aliphatic heterocycles. The summed E-state index contributed by atoms with van der Waals surface area (Å²) in [5.74, 6) is 0.156. The van der Waals surface area contributed by atoms with E-state index in [1.165, 1.54) is 10.8 Å². The number of hydrogen-bond donors (Lipinski definition) is 2. The molecule has 0 saturated carbocycles. The minimum atomic E-state index is -4.48. The average molecular weight is 516 g/mol. The van der Waals surface area contributed by atoms with Crippen LogP contribution >= 0.6 is 11.6 Å². The van der Waals surface area contributed by atoms with Crippen molar-refractivity contribution in [1.82, 2.24) is 29.1 Å². The summed E-state index contributed by atoms with van der Waals surface area (Å²) in [5.41, 5.74) is 1.92. The Kier molecular flexibility index (Phi) is 5.85. The van der Waals surface area contributed by atoms with Crippen molar-refractivity contribution in [2.24, 2.45) is 7.05 Å². The molecule has 36 heavy (non-hydrogen) atoms. The van der Waals surface area contributed by atoms with E-state index in [4.69, 9.17) is 11.6 Å². The molecule has 184 valence electrons. The molecular formula is C23H17ClF3N7O2. The monoisotopic (exact) mass is 515 g/mol. The Hall–Kier alpha value is -4.03. The van der Waals surface area contributed by atoms with Gasteiger partial charge in [0.25, 0.3) is 5.56 Å². The van der Waals surface area contributed by atoms with Gasteiger partial charge in [0.15, 0.2) is 5.65 Å². The van der Waals surface area contributed by atoms with Crippen LogP contribution in [0.15, 0.2) is 53.5 Å². The second-order valence-electron chi connectivity index (χ2n) is 7.90. The highest BCUT2D eigenvalue weighted by atomic mass is 35.5.